The zero-order valence-corrected chi connectivity index (χ0v) is 18.2. The van der Waals surface area contributed by atoms with E-state index in [2.05, 4.69) is 5.32 Å². The van der Waals surface area contributed by atoms with E-state index in [1.165, 1.54) is 14.2 Å². The third kappa shape index (κ3) is 4.09. The minimum absolute atomic E-state index is 0.0248. The van der Waals surface area contributed by atoms with E-state index in [0.717, 1.165) is 11.1 Å². The molecule has 164 valence electrons. The number of hydrogen-bond donors (Lipinski definition) is 1. The molecule has 0 aliphatic carbocycles. The number of nitrogens with zero attached hydrogens (tertiary/aromatic N) is 1. The SMILES string of the molecule is COc1cccc(OC)c1C(=O)Nc1ccc2c(c1)N(Cc1ccccc1C)C(=O)CO2. The van der Waals surface area contributed by atoms with Crippen LogP contribution < -0.4 is 24.4 Å². The topological polar surface area (TPSA) is 77.1 Å². The molecule has 4 rings (SSSR count). The average Bonchev–Trinajstić information content (AvgIpc) is 2.81. The van der Waals surface area contributed by atoms with Crippen LogP contribution in [0.4, 0.5) is 11.4 Å². The number of nitrogens with one attached hydrogen (secondary N) is 1. The molecular formula is C25H24N2O5. The van der Waals surface area contributed by atoms with Crippen LogP contribution in [0.15, 0.2) is 60.7 Å². The molecule has 0 bridgehead atoms. The van der Waals surface area contributed by atoms with E-state index < -0.39 is 0 Å². The van der Waals surface area contributed by atoms with Gasteiger partial charge in [-0.15, -0.1) is 0 Å². The molecule has 0 aromatic heterocycles. The van der Waals surface area contributed by atoms with Gasteiger partial charge < -0.3 is 24.4 Å². The van der Waals surface area contributed by atoms with Crippen LogP contribution in [0, 0.1) is 6.92 Å². The van der Waals surface area contributed by atoms with Gasteiger partial charge in [-0.25, -0.2) is 0 Å². The molecule has 0 atom stereocenters. The maximum Gasteiger partial charge on any atom is 0.265 e. The number of fused-ring (bicyclic) bond motifs is 1. The largest absolute Gasteiger partial charge is 0.496 e. The second kappa shape index (κ2) is 9.01. The Morgan fingerprint density at radius 1 is 1.03 bits per heavy atom. The Morgan fingerprint density at radius 3 is 2.44 bits per heavy atom. The van der Waals surface area contributed by atoms with Crippen molar-refractivity contribution in [3.05, 3.63) is 77.4 Å². The van der Waals surface area contributed by atoms with Crippen LogP contribution >= 0.6 is 0 Å². The first-order chi connectivity index (χ1) is 15.5. The number of aryl methyl sites for hydroxylation is 1. The maximum absolute atomic E-state index is 13.0. The molecule has 1 aliphatic heterocycles. The summed E-state index contributed by atoms with van der Waals surface area (Å²) < 4.78 is 16.3. The lowest BCUT2D eigenvalue weighted by Crippen LogP contribution is -2.38. The van der Waals surface area contributed by atoms with Crippen molar-refractivity contribution >= 4 is 23.2 Å². The van der Waals surface area contributed by atoms with Crippen molar-refractivity contribution in [2.45, 2.75) is 13.5 Å². The Hall–Kier alpha value is -4.00. The standard InChI is InChI=1S/C25H24N2O5/c1-16-7-4-5-8-17(16)14-27-19-13-18(11-12-20(19)32-15-23(27)28)26-25(29)24-21(30-2)9-6-10-22(24)31-3/h4-13H,14-15H2,1-3H3,(H,26,29). The van der Waals surface area contributed by atoms with Crippen LogP contribution in [-0.2, 0) is 11.3 Å². The highest BCUT2D eigenvalue weighted by Crippen LogP contribution is 2.36. The molecule has 0 saturated heterocycles. The summed E-state index contributed by atoms with van der Waals surface area (Å²) in [7, 11) is 2.99. The van der Waals surface area contributed by atoms with Gasteiger partial charge in [0.2, 0.25) is 0 Å². The van der Waals surface area contributed by atoms with Crippen LogP contribution in [0.3, 0.4) is 0 Å². The molecule has 1 aliphatic rings. The van der Waals surface area contributed by atoms with E-state index in [1.54, 1.807) is 41.3 Å². The highest BCUT2D eigenvalue weighted by Gasteiger charge is 2.27. The number of hydrogen-bond acceptors (Lipinski definition) is 5. The Balaban J connectivity index is 1.65. The van der Waals surface area contributed by atoms with Gasteiger partial charge in [-0.2, -0.15) is 0 Å². The maximum atomic E-state index is 13.0. The molecule has 7 nitrogen and oxygen atoms in total. The minimum atomic E-state index is -0.382. The van der Waals surface area contributed by atoms with Gasteiger partial charge in [0.15, 0.2) is 6.61 Å². The van der Waals surface area contributed by atoms with Gasteiger partial charge in [0.25, 0.3) is 11.8 Å². The Bertz CT molecular complexity index is 1150. The first-order valence-electron chi connectivity index (χ1n) is 10.2. The normalized spacial score (nSPS) is 12.6. The molecule has 3 aromatic carbocycles. The van der Waals surface area contributed by atoms with E-state index in [-0.39, 0.29) is 18.4 Å². The molecule has 2 amide bonds. The molecule has 0 saturated carbocycles. The lowest BCUT2D eigenvalue weighted by molar-refractivity contribution is -0.121. The number of methoxy groups -OCH3 is 2. The van der Waals surface area contributed by atoms with Crippen molar-refractivity contribution in [3.63, 3.8) is 0 Å². The van der Waals surface area contributed by atoms with Gasteiger partial charge in [-0.05, 0) is 48.4 Å². The molecule has 7 heteroatoms. The van der Waals surface area contributed by atoms with Gasteiger partial charge in [-0.3, -0.25) is 9.59 Å². The summed E-state index contributed by atoms with van der Waals surface area (Å²) in [6.07, 6.45) is 0. The fourth-order valence-electron chi connectivity index (χ4n) is 3.68. The van der Waals surface area contributed by atoms with E-state index in [9.17, 15) is 9.59 Å². The van der Waals surface area contributed by atoms with Crippen molar-refractivity contribution in [1.82, 2.24) is 0 Å². The van der Waals surface area contributed by atoms with Gasteiger partial charge in [0.05, 0.1) is 26.5 Å². The second-order valence-corrected chi connectivity index (χ2v) is 7.37. The Morgan fingerprint density at radius 2 is 1.75 bits per heavy atom. The summed E-state index contributed by atoms with van der Waals surface area (Å²) in [6, 6.07) is 18.3. The van der Waals surface area contributed by atoms with Crippen molar-refractivity contribution in [2.24, 2.45) is 0 Å². The van der Waals surface area contributed by atoms with Gasteiger partial charge in [-0.1, -0.05) is 30.3 Å². The molecule has 1 N–H and O–H groups in total. The first-order valence-corrected chi connectivity index (χ1v) is 10.2. The third-order valence-electron chi connectivity index (χ3n) is 5.40. The van der Waals surface area contributed by atoms with Crippen molar-refractivity contribution in [2.75, 3.05) is 31.0 Å². The number of ether oxygens (including phenoxy) is 3. The molecule has 0 fully saturated rings. The summed E-state index contributed by atoms with van der Waals surface area (Å²) in [5, 5.41) is 2.88. The van der Waals surface area contributed by atoms with Crippen LogP contribution in [0.25, 0.3) is 0 Å². The monoisotopic (exact) mass is 432 g/mol. The Labute approximate surface area is 186 Å². The summed E-state index contributed by atoms with van der Waals surface area (Å²) in [6.45, 7) is 2.40. The average molecular weight is 432 g/mol. The van der Waals surface area contributed by atoms with Crippen LogP contribution in [-0.4, -0.2) is 32.6 Å². The van der Waals surface area contributed by atoms with Crippen LogP contribution in [0.2, 0.25) is 0 Å². The highest BCUT2D eigenvalue weighted by atomic mass is 16.5. The van der Waals surface area contributed by atoms with E-state index in [0.29, 0.717) is 40.7 Å². The van der Waals surface area contributed by atoms with Crippen molar-refractivity contribution in [3.8, 4) is 17.2 Å². The fourth-order valence-corrected chi connectivity index (χ4v) is 3.68. The second-order valence-electron chi connectivity index (χ2n) is 7.37. The zero-order chi connectivity index (χ0) is 22.7. The van der Waals surface area contributed by atoms with Gasteiger partial charge >= 0.3 is 0 Å². The number of amides is 2. The number of benzene rings is 3. The Kier molecular flexibility index (Phi) is 5.98. The zero-order valence-electron chi connectivity index (χ0n) is 18.2. The van der Waals surface area contributed by atoms with E-state index in [1.807, 2.05) is 31.2 Å². The van der Waals surface area contributed by atoms with Gasteiger partial charge in [0.1, 0.15) is 22.8 Å². The number of carbonyl (C=O) groups excluding carboxylic acids is 2. The van der Waals surface area contributed by atoms with Gasteiger partial charge in [0, 0.05) is 5.69 Å². The minimum Gasteiger partial charge on any atom is -0.496 e. The summed E-state index contributed by atoms with van der Waals surface area (Å²) in [5.74, 6) is 0.869. The highest BCUT2D eigenvalue weighted by molar-refractivity contribution is 6.09. The van der Waals surface area contributed by atoms with E-state index in [4.69, 9.17) is 14.2 Å². The molecule has 1 heterocycles. The summed E-state index contributed by atoms with van der Waals surface area (Å²) >= 11 is 0. The van der Waals surface area contributed by atoms with E-state index >= 15 is 0 Å². The number of rotatable bonds is 6. The predicted molar refractivity (Wildman–Crippen MR) is 122 cm³/mol. The van der Waals surface area contributed by atoms with Crippen molar-refractivity contribution in [1.29, 1.82) is 0 Å². The molecule has 0 spiro atoms. The lowest BCUT2D eigenvalue weighted by atomic mass is 10.1. The number of carbonyl (C=O) groups is 2. The summed E-state index contributed by atoms with van der Waals surface area (Å²) in [4.78, 5) is 27.4. The molecular weight excluding hydrogens is 408 g/mol. The first kappa shape index (κ1) is 21.2. The molecule has 0 unspecified atom stereocenters. The molecule has 0 radical (unpaired) electrons. The molecule has 3 aromatic rings. The smallest absolute Gasteiger partial charge is 0.265 e. The van der Waals surface area contributed by atoms with Crippen LogP contribution in [0.5, 0.6) is 17.2 Å². The lowest BCUT2D eigenvalue weighted by Gasteiger charge is -2.30. The van der Waals surface area contributed by atoms with Crippen LogP contribution in [0.1, 0.15) is 21.5 Å². The predicted octanol–water partition coefficient (Wildman–Crippen LogP) is 4.19. The fraction of sp³-hybridized carbons (Fsp3) is 0.200. The quantitative estimate of drug-likeness (QED) is 0.632. The molecule has 32 heavy (non-hydrogen) atoms. The van der Waals surface area contributed by atoms with Crippen molar-refractivity contribution < 1.29 is 23.8 Å². The third-order valence-corrected chi connectivity index (χ3v) is 5.40. The summed E-state index contributed by atoms with van der Waals surface area (Å²) in [5.41, 5.74) is 3.56. The number of anilines is 2.